The predicted octanol–water partition coefficient (Wildman–Crippen LogP) is 1.02. The van der Waals surface area contributed by atoms with Crippen LogP contribution in [0.4, 0.5) is 0 Å². The van der Waals surface area contributed by atoms with Crippen LogP contribution in [0, 0.1) is 0 Å². The molecule has 0 rings (SSSR count). The molecule has 0 amide bonds. The minimum atomic E-state index is 0.903. The van der Waals surface area contributed by atoms with Gasteiger partial charge in [-0.25, -0.2) is 0 Å². The number of hydrazone groups is 1. The lowest BCUT2D eigenvalue weighted by Crippen LogP contribution is -2.02. The van der Waals surface area contributed by atoms with Gasteiger partial charge >= 0.3 is 0 Å². The zero-order valence-corrected chi connectivity index (χ0v) is 7.56. The lowest BCUT2D eigenvalue weighted by atomic mass is 10.6. The van der Waals surface area contributed by atoms with E-state index in [1.807, 2.05) is 13.1 Å². The third-order valence-electron chi connectivity index (χ3n) is 0.507. The molecule has 0 aromatic carbocycles. The third kappa shape index (κ3) is 117. The fourth-order valence-corrected chi connectivity index (χ4v) is 0.144. The molecule has 0 saturated heterocycles. The normalized spacial score (nSPS) is 5.64. The summed E-state index contributed by atoms with van der Waals surface area (Å²) in [6, 6.07) is 0. The van der Waals surface area contributed by atoms with Crippen LogP contribution in [0.1, 0.15) is 0 Å². The second kappa shape index (κ2) is 36.5. The summed E-state index contributed by atoms with van der Waals surface area (Å²) in [6.07, 6.45) is 1.82. The van der Waals surface area contributed by atoms with Crippen LogP contribution in [0.3, 0.4) is 0 Å². The Morgan fingerprint density at radius 1 is 1.36 bits per heavy atom. The highest BCUT2D eigenvalue weighted by atomic mass is 15.2. The Kier molecular flexibility index (Phi) is 54.6. The van der Waals surface area contributed by atoms with Gasteiger partial charge < -0.3 is 10.7 Å². The number of nitrogens with one attached hydrogen (secondary N) is 2. The maximum absolute atomic E-state index is 3.49. The van der Waals surface area contributed by atoms with Gasteiger partial charge in [0.1, 0.15) is 0 Å². The van der Waals surface area contributed by atoms with Crippen molar-refractivity contribution in [3.8, 4) is 0 Å². The van der Waals surface area contributed by atoms with Gasteiger partial charge in [-0.15, -0.1) is 19.7 Å². The Balaban J connectivity index is -0.0000000965. The number of rotatable bonds is 3. The standard InChI is InChI=1S/C4H9N.C2H6N2.C2H4/c1-3-4-5-2;1-3-4-2;1-2/h3,5H,1,4H2,2H3;4H,1H2,2H3;1-2H2. The number of hydrogen-bond acceptors (Lipinski definition) is 3. The highest BCUT2D eigenvalue weighted by Gasteiger charge is 1.56. The summed E-state index contributed by atoms with van der Waals surface area (Å²) in [5.74, 6) is 0. The quantitative estimate of drug-likeness (QED) is 0.364. The summed E-state index contributed by atoms with van der Waals surface area (Å²) >= 11 is 0. The highest BCUT2D eigenvalue weighted by Crippen LogP contribution is 1.48. The Morgan fingerprint density at radius 3 is 1.73 bits per heavy atom. The molecule has 0 atom stereocenters. The fourth-order valence-electron chi connectivity index (χ4n) is 0.144. The molecule has 3 heteroatoms. The molecule has 0 aromatic heterocycles. The average Bonchev–Trinajstić information content (AvgIpc) is 2.10. The van der Waals surface area contributed by atoms with Crippen molar-refractivity contribution in [2.75, 3.05) is 20.6 Å². The first-order valence-electron chi connectivity index (χ1n) is 3.21. The van der Waals surface area contributed by atoms with E-state index < -0.39 is 0 Å². The topological polar surface area (TPSA) is 36.4 Å². The molecule has 2 N–H and O–H groups in total. The van der Waals surface area contributed by atoms with E-state index >= 15 is 0 Å². The second-order valence-corrected chi connectivity index (χ2v) is 1.23. The predicted molar refractivity (Wildman–Crippen MR) is 54.0 cm³/mol. The van der Waals surface area contributed by atoms with E-state index in [1.54, 1.807) is 7.05 Å². The number of nitrogens with zero attached hydrogens (tertiary/aromatic N) is 1. The van der Waals surface area contributed by atoms with Crippen LogP contribution in [-0.4, -0.2) is 27.4 Å². The van der Waals surface area contributed by atoms with Gasteiger partial charge in [0.15, 0.2) is 0 Å². The zero-order valence-electron chi connectivity index (χ0n) is 7.56. The molecule has 0 saturated carbocycles. The van der Waals surface area contributed by atoms with Crippen LogP contribution in [0.25, 0.3) is 0 Å². The molecular weight excluding hydrogens is 138 g/mol. The summed E-state index contributed by atoms with van der Waals surface area (Å²) in [5, 5.41) is 6.14. The largest absolute Gasteiger partial charge is 0.316 e. The van der Waals surface area contributed by atoms with Crippen LogP contribution in [-0.2, 0) is 0 Å². The number of hydrogen-bond donors (Lipinski definition) is 2. The summed E-state index contributed by atoms with van der Waals surface area (Å²) in [6.45, 7) is 13.5. The molecule has 0 aliphatic heterocycles. The average molecular weight is 157 g/mol. The highest BCUT2D eigenvalue weighted by molar-refractivity contribution is 5.22. The van der Waals surface area contributed by atoms with E-state index in [1.165, 1.54) is 0 Å². The van der Waals surface area contributed by atoms with Gasteiger partial charge in [0.25, 0.3) is 0 Å². The first-order chi connectivity index (χ1) is 5.33. The molecule has 0 unspecified atom stereocenters. The first-order valence-corrected chi connectivity index (χ1v) is 3.21. The van der Waals surface area contributed by atoms with E-state index in [9.17, 15) is 0 Å². The fraction of sp³-hybridized carbons (Fsp3) is 0.375. The Hall–Kier alpha value is -1.09. The molecule has 0 aromatic rings. The van der Waals surface area contributed by atoms with E-state index in [2.05, 4.69) is 42.3 Å². The van der Waals surface area contributed by atoms with Crippen LogP contribution < -0.4 is 10.7 Å². The van der Waals surface area contributed by atoms with Crippen molar-refractivity contribution in [3.05, 3.63) is 25.8 Å². The molecule has 0 radical (unpaired) electrons. The molecule has 0 spiro atoms. The van der Waals surface area contributed by atoms with Gasteiger partial charge in [-0.05, 0) is 7.05 Å². The van der Waals surface area contributed by atoms with Gasteiger partial charge in [-0.2, -0.15) is 5.10 Å². The molecule has 0 aliphatic carbocycles. The molecule has 0 bridgehead atoms. The summed E-state index contributed by atoms with van der Waals surface area (Å²) in [5.41, 5.74) is 2.44. The Bertz CT molecular complexity index is 71.7. The zero-order chi connectivity index (χ0) is 9.54. The van der Waals surface area contributed by atoms with Gasteiger partial charge in [0.2, 0.25) is 0 Å². The molecule has 0 heterocycles. The van der Waals surface area contributed by atoms with Gasteiger partial charge in [-0.1, -0.05) is 6.08 Å². The van der Waals surface area contributed by atoms with Crippen molar-refractivity contribution in [1.29, 1.82) is 0 Å². The van der Waals surface area contributed by atoms with Crippen molar-refractivity contribution in [3.63, 3.8) is 0 Å². The van der Waals surface area contributed by atoms with Crippen molar-refractivity contribution >= 4 is 6.72 Å². The SMILES string of the molecule is C=C.C=CCNC.C=NNC. The van der Waals surface area contributed by atoms with Crippen LogP contribution in [0.15, 0.2) is 30.9 Å². The van der Waals surface area contributed by atoms with E-state index in [0.29, 0.717) is 0 Å². The molecule has 3 nitrogen and oxygen atoms in total. The second-order valence-electron chi connectivity index (χ2n) is 1.23. The van der Waals surface area contributed by atoms with E-state index in [0.717, 1.165) is 6.54 Å². The van der Waals surface area contributed by atoms with E-state index in [-0.39, 0.29) is 0 Å². The maximum atomic E-state index is 3.49. The Morgan fingerprint density at radius 2 is 1.73 bits per heavy atom. The van der Waals surface area contributed by atoms with Gasteiger partial charge in [0, 0.05) is 20.3 Å². The third-order valence-corrected chi connectivity index (χ3v) is 0.507. The van der Waals surface area contributed by atoms with Crippen molar-refractivity contribution in [1.82, 2.24) is 10.7 Å². The van der Waals surface area contributed by atoms with Crippen LogP contribution in [0.5, 0.6) is 0 Å². The van der Waals surface area contributed by atoms with Crippen LogP contribution in [0.2, 0.25) is 0 Å². The Labute approximate surface area is 69.9 Å². The lowest BCUT2D eigenvalue weighted by molar-refractivity contribution is 0.913. The smallest absolute Gasteiger partial charge is 0.0216 e. The van der Waals surface area contributed by atoms with Crippen molar-refractivity contribution in [2.24, 2.45) is 5.10 Å². The number of likely N-dealkylation sites (N-methyl/N-ethyl adjacent to an activating group) is 1. The van der Waals surface area contributed by atoms with Crippen molar-refractivity contribution < 1.29 is 0 Å². The van der Waals surface area contributed by atoms with Crippen molar-refractivity contribution in [2.45, 2.75) is 0 Å². The molecule has 11 heavy (non-hydrogen) atoms. The lowest BCUT2D eigenvalue weighted by Gasteiger charge is -1.79. The molecular formula is C8H19N3. The van der Waals surface area contributed by atoms with Gasteiger partial charge in [0.05, 0.1) is 0 Å². The van der Waals surface area contributed by atoms with E-state index in [4.69, 9.17) is 0 Å². The van der Waals surface area contributed by atoms with Gasteiger partial charge in [-0.3, -0.25) is 0 Å². The molecule has 66 valence electrons. The molecule has 0 aliphatic rings. The van der Waals surface area contributed by atoms with Crippen LogP contribution >= 0.6 is 0 Å². The summed E-state index contributed by atoms with van der Waals surface area (Å²) < 4.78 is 0. The molecule has 0 fully saturated rings. The monoisotopic (exact) mass is 157 g/mol. The maximum Gasteiger partial charge on any atom is 0.0216 e. The first kappa shape index (κ1) is 16.5. The summed E-state index contributed by atoms with van der Waals surface area (Å²) in [7, 11) is 3.59. The minimum absolute atomic E-state index is 0.903. The minimum Gasteiger partial charge on any atom is -0.316 e. The summed E-state index contributed by atoms with van der Waals surface area (Å²) in [4.78, 5) is 0.